The van der Waals surface area contributed by atoms with Crippen molar-refractivity contribution >= 4 is 28.0 Å². The molecule has 1 aromatic heterocycles. The number of hydrazone groups is 1. The zero-order valence-corrected chi connectivity index (χ0v) is 15.0. The van der Waals surface area contributed by atoms with Gasteiger partial charge >= 0.3 is 0 Å². The van der Waals surface area contributed by atoms with Crippen LogP contribution in [0.4, 0.5) is 11.4 Å². The third-order valence-corrected chi connectivity index (χ3v) is 4.51. The third kappa shape index (κ3) is 3.76. The molecular weight excluding hydrogens is 352 g/mol. The maximum absolute atomic E-state index is 10.8. The van der Waals surface area contributed by atoms with Crippen LogP contribution in [0.3, 0.4) is 0 Å². The van der Waals surface area contributed by atoms with E-state index in [2.05, 4.69) is 33.7 Å². The number of hydrogen-bond acceptors (Lipinski definition) is 4. The van der Waals surface area contributed by atoms with E-state index in [1.54, 1.807) is 12.1 Å². The summed E-state index contributed by atoms with van der Waals surface area (Å²) in [6, 6.07) is 24.4. The largest absolute Gasteiger partial charge is 0.360 e. The van der Waals surface area contributed by atoms with Crippen molar-refractivity contribution in [2.24, 2.45) is 5.10 Å². The van der Waals surface area contributed by atoms with Gasteiger partial charge in [-0.2, -0.15) is 5.10 Å². The summed E-state index contributed by atoms with van der Waals surface area (Å²) in [4.78, 5) is 13.7. The van der Waals surface area contributed by atoms with Crippen LogP contribution in [0.15, 0.2) is 90.2 Å². The molecule has 0 radical (unpaired) electrons. The van der Waals surface area contributed by atoms with Gasteiger partial charge in [0.25, 0.3) is 5.69 Å². The smallest absolute Gasteiger partial charge is 0.269 e. The summed E-state index contributed by atoms with van der Waals surface area (Å²) in [7, 11) is 0. The highest BCUT2D eigenvalue weighted by Gasteiger charge is 2.11. The lowest BCUT2D eigenvalue weighted by molar-refractivity contribution is -0.384. The maximum atomic E-state index is 10.8. The average molecular weight is 370 g/mol. The SMILES string of the molecule is O=[N+]([O-])c1ccc(N/N=C(/Cc2ccccc2)c2c[nH]c3ccccc23)cc1. The predicted molar refractivity (Wildman–Crippen MR) is 112 cm³/mol. The molecule has 6 nitrogen and oxygen atoms in total. The van der Waals surface area contributed by atoms with Crippen molar-refractivity contribution < 1.29 is 4.92 Å². The minimum absolute atomic E-state index is 0.0515. The lowest BCUT2D eigenvalue weighted by Gasteiger charge is -2.08. The molecule has 0 aliphatic heterocycles. The number of benzene rings is 3. The van der Waals surface area contributed by atoms with Crippen molar-refractivity contribution in [1.29, 1.82) is 0 Å². The fourth-order valence-electron chi connectivity index (χ4n) is 3.08. The second-order valence-corrected chi connectivity index (χ2v) is 6.38. The topological polar surface area (TPSA) is 83.3 Å². The summed E-state index contributed by atoms with van der Waals surface area (Å²) in [5.41, 5.74) is 7.88. The maximum Gasteiger partial charge on any atom is 0.269 e. The van der Waals surface area contributed by atoms with Gasteiger partial charge in [-0.1, -0.05) is 48.5 Å². The molecule has 0 atom stereocenters. The molecule has 0 unspecified atom stereocenters. The number of fused-ring (bicyclic) bond motifs is 1. The minimum Gasteiger partial charge on any atom is -0.360 e. The van der Waals surface area contributed by atoms with Crippen LogP contribution < -0.4 is 5.43 Å². The summed E-state index contributed by atoms with van der Waals surface area (Å²) >= 11 is 0. The number of aromatic nitrogens is 1. The highest BCUT2D eigenvalue weighted by molar-refractivity contribution is 6.11. The van der Waals surface area contributed by atoms with E-state index in [0.29, 0.717) is 12.1 Å². The number of nitro groups is 1. The first kappa shape index (κ1) is 17.5. The van der Waals surface area contributed by atoms with Crippen molar-refractivity contribution in [3.63, 3.8) is 0 Å². The van der Waals surface area contributed by atoms with Crippen LogP contribution in [-0.2, 0) is 6.42 Å². The van der Waals surface area contributed by atoms with E-state index in [1.165, 1.54) is 12.1 Å². The Morgan fingerprint density at radius 1 is 0.964 bits per heavy atom. The van der Waals surface area contributed by atoms with Crippen LogP contribution in [0, 0.1) is 10.1 Å². The van der Waals surface area contributed by atoms with E-state index >= 15 is 0 Å². The van der Waals surface area contributed by atoms with E-state index in [-0.39, 0.29) is 5.69 Å². The van der Waals surface area contributed by atoms with Gasteiger partial charge in [0.15, 0.2) is 0 Å². The number of rotatable bonds is 6. The molecule has 0 aliphatic rings. The Hall–Kier alpha value is -3.93. The van der Waals surface area contributed by atoms with Gasteiger partial charge in [-0.15, -0.1) is 0 Å². The molecule has 0 saturated heterocycles. The van der Waals surface area contributed by atoms with E-state index in [0.717, 1.165) is 27.7 Å². The number of nitrogens with one attached hydrogen (secondary N) is 2. The summed E-state index contributed by atoms with van der Waals surface area (Å²) in [5, 5.41) is 16.5. The molecule has 28 heavy (non-hydrogen) atoms. The van der Waals surface area contributed by atoms with Gasteiger partial charge < -0.3 is 4.98 Å². The van der Waals surface area contributed by atoms with Crippen molar-refractivity contribution in [3.05, 3.63) is 106 Å². The molecule has 0 saturated carbocycles. The predicted octanol–water partition coefficient (Wildman–Crippen LogP) is 5.14. The number of non-ortho nitro benzene ring substituents is 1. The normalized spacial score (nSPS) is 11.5. The van der Waals surface area contributed by atoms with Gasteiger partial charge in [0.1, 0.15) is 0 Å². The lowest BCUT2D eigenvalue weighted by Crippen LogP contribution is -2.08. The molecule has 1 heterocycles. The fourth-order valence-corrected chi connectivity index (χ4v) is 3.08. The van der Waals surface area contributed by atoms with Crippen LogP contribution >= 0.6 is 0 Å². The standard InChI is InChI=1S/C22H18N4O2/c27-26(28)18-12-10-17(11-13-18)24-25-22(14-16-6-2-1-3-7-16)20-15-23-21-9-5-4-8-19(20)21/h1-13,15,23-24H,14H2/b25-22-. The first-order chi connectivity index (χ1) is 13.7. The third-order valence-electron chi connectivity index (χ3n) is 4.51. The number of anilines is 1. The Morgan fingerprint density at radius 2 is 1.68 bits per heavy atom. The first-order valence-corrected chi connectivity index (χ1v) is 8.88. The average Bonchev–Trinajstić information content (AvgIpc) is 3.16. The lowest BCUT2D eigenvalue weighted by atomic mass is 10.0. The number of H-pyrrole nitrogens is 1. The molecule has 4 rings (SSSR count). The summed E-state index contributed by atoms with van der Waals surface area (Å²) < 4.78 is 0. The van der Waals surface area contributed by atoms with Crippen molar-refractivity contribution in [2.75, 3.05) is 5.43 Å². The van der Waals surface area contributed by atoms with Gasteiger partial charge in [-0.05, 0) is 23.8 Å². The number of nitrogens with zero attached hydrogens (tertiary/aromatic N) is 2. The number of aromatic amines is 1. The highest BCUT2D eigenvalue weighted by Crippen LogP contribution is 2.21. The zero-order chi connectivity index (χ0) is 19.3. The van der Waals surface area contributed by atoms with E-state index in [4.69, 9.17) is 0 Å². The molecule has 6 heteroatoms. The fraction of sp³-hybridized carbons (Fsp3) is 0.0455. The van der Waals surface area contributed by atoms with Gasteiger partial charge in [0.05, 0.1) is 16.3 Å². The molecule has 0 bridgehead atoms. The summed E-state index contributed by atoms with van der Waals surface area (Å²) in [5.74, 6) is 0. The Bertz CT molecular complexity index is 1130. The zero-order valence-electron chi connectivity index (χ0n) is 15.0. The molecule has 0 spiro atoms. The van der Waals surface area contributed by atoms with Gasteiger partial charge in [0, 0.05) is 41.2 Å². The Labute approximate surface area is 161 Å². The van der Waals surface area contributed by atoms with E-state index in [1.807, 2.05) is 42.6 Å². The van der Waals surface area contributed by atoms with Crippen LogP contribution in [0.25, 0.3) is 10.9 Å². The van der Waals surface area contributed by atoms with Crippen LogP contribution in [0.2, 0.25) is 0 Å². The Balaban J connectivity index is 1.68. The number of para-hydroxylation sites is 1. The molecule has 4 aromatic rings. The highest BCUT2D eigenvalue weighted by atomic mass is 16.6. The summed E-state index contributed by atoms with van der Waals surface area (Å²) in [6.45, 7) is 0. The molecule has 138 valence electrons. The quantitative estimate of drug-likeness (QED) is 0.280. The van der Waals surface area contributed by atoms with E-state index < -0.39 is 4.92 Å². The van der Waals surface area contributed by atoms with Crippen molar-refractivity contribution in [2.45, 2.75) is 6.42 Å². The second kappa shape index (κ2) is 7.75. The summed E-state index contributed by atoms with van der Waals surface area (Å²) in [6.07, 6.45) is 2.62. The first-order valence-electron chi connectivity index (χ1n) is 8.88. The second-order valence-electron chi connectivity index (χ2n) is 6.38. The van der Waals surface area contributed by atoms with Gasteiger partial charge in [-0.3, -0.25) is 15.5 Å². The van der Waals surface area contributed by atoms with Crippen LogP contribution in [-0.4, -0.2) is 15.6 Å². The molecule has 0 amide bonds. The van der Waals surface area contributed by atoms with Crippen LogP contribution in [0.1, 0.15) is 11.1 Å². The van der Waals surface area contributed by atoms with Gasteiger partial charge in [-0.25, -0.2) is 0 Å². The van der Waals surface area contributed by atoms with Crippen LogP contribution in [0.5, 0.6) is 0 Å². The molecule has 0 aliphatic carbocycles. The number of nitro benzene ring substituents is 1. The molecule has 2 N–H and O–H groups in total. The minimum atomic E-state index is -0.417. The Kier molecular flexibility index (Phi) is 4.84. The van der Waals surface area contributed by atoms with E-state index in [9.17, 15) is 10.1 Å². The number of hydrogen-bond donors (Lipinski definition) is 2. The van der Waals surface area contributed by atoms with Crippen molar-refractivity contribution in [1.82, 2.24) is 4.98 Å². The molecule has 0 fully saturated rings. The Morgan fingerprint density at radius 3 is 2.43 bits per heavy atom. The molecule has 3 aromatic carbocycles. The molecular formula is C22H18N4O2. The van der Waals surface area contributed by atoms with Crippen molar-refractivity contribution in [3.8, 4) is 0 Å². The van der Waals surface area contributed by atoms with Gasteiger partial charge in [0.2, 0.25) is 0 Å². The monoisotopic (exact) mass is 370 g/mol.